The van der Waals surface area contributed by atoms with Gasteiger partial charge in [-0.1, -0.05) is 15.9 Å². The van der Waals surface area contributed by atoms with Crippen LogP contribution in [0.3, 0.4) is 0 Å². The largest absolute Gasteiger partial charge is 0.478 e. The second kappa shape index (κ2) is 5.56. The molecule has 106 valence electrons. The third kappa shape index (κ3) is 3.13. The first kappa shape index (κ1) is 16.1. The molecular weight excluding hydrogens is 341 g/mol. The number of aromatic carboxylic acids is 1. The van der Waals surface area contributed by atoms with E-state index in [1.807, 2.05) is 0 Å². The van der Waals surface area contributed by atoms with Crippen molar-refractivity contribution < 1.29 is 22.7 Å². The zero-order valence-electron chi connectivity index (χ0n) is 10.5. The van der Waals surface area contributed by atoms with Crippen molar-refractivity contribution in [2.75, 3.05) is 7.05 Å². The maximum absolute atomic E-state index is 14.0. The van der Waals surface area contributed by atoms with Gasteiger partial charge in [0.05, 0.1) is 5.56 Å². The molecule has 0 aliphatic heterocycles. The summed E-state index contributed by atoms with van der Waals surface area (Å²) in [6.45, 7) is 3.26. The highest BCUT2D eigenvalue weighted by atomic mass is 79.9. The third-order valence-electron chi connectivity index (χ3n) is 2.62. The van der Waals surface area contributed by atoms with Gasteiger partial charge < -0.3 is 5.11 Å². The van der Waals surface area contributed by atoms with Crippen molar-refractivity contribution >= 4 is 31.9 Å². The van der Waals surface area contributed by atoms with Crippen LogP contribution in [0.25, 0.3) is 0 Å². The molecule has 0 aliphatic rings. The van der Waals surface area contributed by atoms with Crippen molar-refractivity contribution in [3.63, 3.8) is 0 Å². The number of benzene rings is 1. The molecule has 0 fully saturated rings. The Morgan fingerprint density at radius 2 is 1.95 bits per heavy atom. The van der Waals surface area contributed by atoms with E-state index in [0.29, 0.717) is 0 Å². The quantitative estimate of drug-likeness (QED) is 0.901. The number of hydrogen-bond donors (Lipinski definition) is 1. The molecule has 0 saturated heterocycles. The Kier molecular flexibility index (Phi) is 4.70. The van der Waals surface area contributed by atoms with E-state index in [1.54, 1.807) is 13.8 Å². The van der Waals surface area contributed by atoms with Crippen LogP contribution in [0.4, 0.5) is 4.39 Å². The van der Waals surface area contributed by atoms with Crippen LogP contribution in [0.15, 0.2) is 21.5 Å². The third-order valence-corrected chi connectivity index (χ3v) is 5.11. The first-order chi connectivity index (χ1) is 8.59. The molecule has 1 aromatic rings. The molecule has 8 heteroatoms. The van der Waals surface area contributed by atoms with Gasteiger partial charge in [0.25, 0.3) is 0 Å². The summed E-state index contributed by atoms with van der Waals surface area (Å²) in [5, 5.41) is 8.86. The fourth-order valence-electron chi connectivity index (χ4n) is 1.34. The van der Waals surface area contributed by atoms with E-state index in [1.165, 1.54) is 7.05 Å². The molecule has 0 aromatic heterocycles. The lowest BCUT2D eigenvalue weighted by Crippen LogP contribution is -2.33. The summed E-state index contributed by atoms with van der Waals surface area (Å²) in [4.78, 5) is 10.2. The summed E-state index contributed by atoms with van der Waals surface area (Å²) in [5.74, 6) is -2.79. The van der Waals surface area contributed by atoms with Crippen LogP contribution in [-0.2, 0) is 10.0 Å². The molecule has 0 unspecified atom stereocenters. The molecule has 0 bridgehead atoms. The van der Waals surface area contributed by atoms with Gasteiger partial charge in [-0.2, -0.15) is 4.31 Å². The molecule has 0 heterocycles. The smallest absolute Gasteiger partial charge is 0.338 e. The van der Waals surface area contributed by atoms with Crippen molar-refractivity contribution in [3.05, 3.63) is 28.0 Å². The Morgan fingerprint density at radius 3 is 2.37 bits per heavy atom. The molecule has 19 heavy (non-hydrogen) atoms. The highest BCUT2D eigenvalue weighted by molar-refractivity contribution is 9.10. The first-order valence-electron chi connectivity index (χ1n) is 5.29. The molecule has 5 nitrogen and oxygen atoms in total. The summed E-state index contributed by atoms with van der Waals surface area (Å²) in [6.07, 6.45) is 0. The lowest BCUT2D eigenvalue weighted by atomic mass is 10.2. The van der Waals surface area contributed by atoms with Gasteiger partial charge in [-0.15, -0.1) is 0 Å². The van der Waals surface area contributed by atoms with Crippen LogP contribution in [0, 0.1) is 5.82 Å². The number of carbonyl (C=O) groups is 1. The highest BCUT2D eigenvalue weighted by Gasteiger charge is 2.29. The Bertz CT molecular complexity index is 615. The van der Waals surface area contributed by atoms with Crippen LogP contribution in [0.2, 0.25) is 0 Å². The average molecular weight is 354 g/mol. The van der Waals surface area contributed by atoms with E-state index in [4.69, 9.17) is 5.11 Å². The van der Waals surface area contributed by atoms with Gasteiger partial charge >= 0.3 is 5.97 Å². The van der Waals surface area contributed by atoms with Crippen molar-refractivity contribution in [3.8, 4) is 0 Å². The summed E-state index contributed by atoms with van der Waals surface area (Å²) in [5.41, 5.74) is -0.690. The minimum Gasteiger partial charge on any atom is -0.478 e. The van der Waals surface area contributed by atoms with Gasteiger partial charge in [-0.3, -0.25) is 0 Å². The highest BCUT2D eigenvalue weighted by Crippen LogP contribution is 2.26. The molecule has 0 atom stereocenters. The van der Waals surface area contributed by atoms with Crippen LogP contribution >= 0.6 is 15.9 Å². The zero-order chi connectivity index (χ0) is 15.0. The Labute approximate surface area is 119 Å². The molecular formula is C11H13BrFNO4S. The second-order valence-corrected chi connectivity index (χ2v) is 7.07. The van der Waals surface area contributed by atoms with E-state index in [2.05, 4.69) is 15.9 Å². The van der Waals surface area contributed by atoms with Crippen LogP contribution < -0.4 is 0 Å². The fraction of sp³-hybridized carbons (Fsp3) is 0.364. The lowest BCUT2D eigenvalue weighted by molar-refractivity contribution is 0.0691. The molecule has 0 saturated carbocycles. The molecule has 1 N–H and O–H groups in total. The van der Waals surface area contributed by atoms with Crippen molar-refractivity contribution in [1.29, 1.82) is 0 Å². The van der Waals surface area contributed by atoms with Crippen LogP contribution in [0.1, 0.15) is 24.2 Å². The van der Waals surface area contributed by atoms with Gasteiger partial charge in [0, 0.05) is 17.6 Å². The number of carboxylic acid groups (broad SMARTS) is 1. The predicted octanol–water partition coefficient (Wildman–Crippen LogP) is 2.32. The van der Waals surface area contributed by atoms with E-state index in [0.717, 1.165) is 16.4 Å². The SMILES string of the molecule is CC(C)N(C)S(=O)(=O)c1cc(Br)cc(C(=O)O)c1F. The Balaban J connectivity index is 3.56. The maximum atomic E-state index is 14.0. The summed E-state index contributed by atoms with van der Waals surface area (Å²) in [7, 11) is -2.78. The fourth-order valence-corrected chi connectivity index (χ4v) is 3.43. The normalized spacial score (nSPS) is 12.2. The van der Waals surface area contributed by atoms with Crippen molar-refractivity contribution in [2.45, 2.75) is 24.8 Å². The number of nitrogens with zero attached hydrogens (tertiary/aromatic N) is 1. The van der Waals surface area contributed by atoms with Gasteiger partial charge in [-0.25, -0.2) is 17.6 Å². The number of rotatable bonds is 4. The summed E-state index contributed by atoms with van der Waals surface area (Å²) >= 11 is 2.98. The molecule has 0 radical (unpaired) electrons. The van der Waals surface area contributed by atoms with E-state index >= 15 is 0 Å². The van der Waals surface area contributed by atoms with Gasteiger partial charge in [-0.05, 0) is 26.0 Å². The summed E-state index contributed by atoms with van der Waals surface area (Å²) in [6, 6.07) is 1.69. The topological polar surface area (TPSA) is 74.7 Å². The standard InChI is InChI=1S/C11H13BrFNO4S/c1-6(2)14(3)19(17,18)9-5-7(12)4-8(10(9)13)11(15)16/h4-6H,1-3H3,(H,15,16). The van der Waals surface area contributed by atoms with E-state index in [-0.39, 0.29) is 10.5 Å². The zero-order valence-corrected chi connectivity index (χ0v) is 12.9. The van der Waals surface area contributed by atoms with Gasteiger partial charge in [0.2, 0.25) is 10.0 Å². The molecule has 1 rings (SSSR count). The molecule has 1 aromatic carbocycles. The van der Waals surface area contributed by atoms with Gasteiger partial charge in [0.15, 0.2) is 5.82 Å². The number of carboxylic acids is 1. The minimum absolute atomic E-state index is 0.182. The van der Waals surface area contributed by atoms with Crippen molar-refractivity contribution in [2.24, 2.45) is 0 Å². The van der Waals surface area contributed by atoms with E-state index < -0.39 is 32.3 Å². The summed E-state index contributed by atoms with van der Waals surface area (Å²) < 4.78 is 39.6. The molecule has 0 aliphatic carbocycles. The number of halogens is 2. The molecule has 0 amide bonds. The number of hydrogen-bond acceptors (Lipinski definition) is 3. The second-order valence-electron chi connectivity index (χ2n) is 4.19. The van der Waals surface area contributed by atoms with Crippen LogP contribution in [0.5, 0.6) is 0 Å². The number of sulfonamides is 1. The predicted molar refractivity (Wildman–Crippen MR) is 71.1 cm³/mol. The van der Waals surface area contributed by atoms with Crippen LogP contribution in [-0.4, -0.2) is 36.9 Å². The Hall–Kier alpha value is -0.990. The minimum atomic E-state index is -4.08. The maximum Gasteiger partial charge on any atom is 0.338 e. The molecule has 0 spiro atoms. The lowest BCUT2D eigenvalue weighted by Gasteiger charge is -2.21. The van der Waals surface area contributed by atoms with Crippen molar-refractivity contribution in [1.82, 2.24) is 4.31 Å². The Morgan fingerprint density at radius 1 is 1.42 bits per heavy atom. The van der Waals surface area contributed by atoms with Gasteiger partial charge in [0.1, 0.15) is 4.90 Å². The monoisotopic (exact) mass is 353 g/mol. The average Bonchev–Trinajstić information content (AvgIpc) is 2.29. The first-order valence-corrected chi connectivity index (χ1v) is 7.52. The van der Waals surface area contributed by atoms with E-state index in [9.17, 15) is 17.6 Å².